The summed E-state index contributed by atoms with van der Waals surface area (Å²) in [7, 11) is 1.59. The maximum absolute atomic E-state index is 11.6. The van der Waals surface area contributed by atoms with Crippen molar-refractivity contribution >= 4 is 11.7 Å². The zero-order valence-corrected chi connectivity index (χ0v) is 11.1. The number of benzene rings is 1. The lowest BCUT2D eigenvalue weighted by Gasteiger charge is -2.18. The average molecular weight is 263 g/mol. The van der Waals surface area contributed by atoms with Crippen LogP contribution in [0.4, 0.5) is 0 Å². The predicted molar refractivity (Wildman–Crippen MR) is 69.3 cm³/mol. The Hall–Kier alpha value is -2.04. The maximum Gasteiger partial charge on any atom is 0.287 e. The SMILES string of the molecule is COc1ccc2c(c1)C(NC(=O)C(C)=O)CCCO2. The molecule has 1 N–H and O–H groups in total. The van der Waals surface area contributed by atoms with E-state index in [0.29, 0.717) is 12.4 Å². The first-order valence-corrected chi connectivity index (χ1v) is 6.24. The number of ketones is 1. The monoisotopic (exact) mass is 263 g/mol. The summed E-state index contributed by atoms with van der Waals surface area (Å²) >= 11 is 0. The molecule has 0 aromatic heterocycles. The van der Waals surface area contributed by atoms with E-state index < -0.39 is 11.7 Å². The maximum atomic E-state index is 11.6. The van der Waals surface area contributed by atoms with E-state index in [2.05, 4.69) is 5.32 Å². The van der Waals surface area contributed by atoms with Crippen molar-refractivity contribution in [1.82, 2.24) is 5.32 Å². The molecule has 102 valence electrons. The van der Waals surface area contributed by atoms with E-state index in [9.17, 15) is 9.59 Å². The number of methoxy groups -OCH3 is 1. The van der Waals surface area contributed by atoms with Crippen LogP contribution in [0.2, 0.25) is 0 Å². The van der Waals surface area contributed by atoms with Crippen LogP contribution in [0.15, 0.2) is 18.2 Å². The lowest BCUT2D eigenvalue weighted by Crippen LogP contribution is -2.32. The van der Waals surface area contributed by atoms with Crippen molar-refractivity contribution in [2.75, 3.05) is 13.7 Å². The Morgan fingerprint density at radius 2 is 2.21 bits per heavy atom. The fourth-order valence-electron chi connectivity index (χ4n) is 2.09. The van der Waals surface area contributed by atoms with Crippen LogP contribution in [0.1, 0.15) is 31.4 Å². The number of amides is 1. The van der Waals surface area contributed by atoms with Crippen molar-refractivity contribution in [3.63, 3.8) is 0 Å². The second-order valence-corrected chi connectivity index (χ2v) is 4.48. The summed E-state index contributed by atoms with van der Waals surface area (Å²) in [5.41, 5.74) is 0.853. The van der Waals surface area contributed by atoms with E-state index >= 15 is 0 Å². The van der Waals surface area contributed by atoms with Crippen LogP contribution in [0.5, 0.6) is 11.5 Å². The number of Topliss-reactive ketones (excluding diaryl/α,β-unsaturated/α-hetero) is 1. The van der Waals surface area contributed by atoms with Crippen molar-refractivity contribution < 1.29 is 19.1 Å². The molecular weight excluding hydrogens is 246 g/mol. The van der Waals surface area contributed by atoms with Crippen molar-refractivity contribution in [1.29, 1.82) is 0 Å². The number of carbonyl (C=O) groups excluding carboxylic acids is 2. The van der Waals surface area contributed by atoms with Gasteiger partial charge in [-0.3, -0.25) is 9.59 Å². The molecule has 5 heteroatoms. The van der Waals surface area contributed by atoms with Gasteiger partial charge in [0.25, 0.3) is 5.91 Å². The number of nitrogens with one attached hydrogen (secondary N) is 1. The van der Waals surface area contributed by atoms with Crippen molar-refractivity contribution in [3.8, 4) is 11.5 Å². The Kier molecular flexibility index (Phi) is 4.04. The number of ether oxygens (including phenoxy) is 2. The molecule has 1 amide bonds. The van der Waals surface area contributed by atoms with Gasteiger partial charge in [0.1, 0.15) is 11.5 Å². The minimum absolute atomic E-state index is 0.219. The van der Waals surface area contributed by atoms with Gasteiger partial charge >= 0.3 is 0 Å². The topological polar surface area (TPSA) is 64.6 Å². The molecule has 1 aromatic carbocycles. The van der Waals surface area contributed by atoms with Crippen LogP contribution in [-0.2, 0) is 9.59 Å². The first-order chi connectivity index (χ1) is 9.11. The van der Waals surface area contributed by atoms with E-state index in [-0.39, 0.29) is 6.04 Å². The van der Waals surface area contributed by atoms with E-state index in [1.54, 1.807) is 7.11 Å². The van der Waals surface area contributed by atoms with Gasteiger partial charge in [0, 0.05) is 12.5 Å². The van der Waals surface area contributed by atoms with E-state index in [0.717, 1.165) is 24.2 Å². The summed E-state index contributed by atoms with van der Waals surface area (Å²) < 4.78 is 10.8. The third-order valence-corrected chi connectivity index (χ3v) is 3.11. The highest BCUT2D eigenvalue weighted by Gasteiger charge is 2.23. The molecule has 0 spiro atoms. The van der Waals surface area contributed by atoms with Crippen LogP contribution in [0.3, 0.4) is 0 Å². The highest BCUT2D eigenvalue weighted by atomic mass is 16.5. The van der Waals surface area contributed by atoms with Crippen LogP contribution in [-0.4, -0.2) is 25.4 Å². The molecule has 2 rings (SSSR count). The molecule has 0 fully saturated rings. The highest BCUT2D eigenvalue weighted by Crippen LogP contribution is 2.34. The molecule has 1 unspecified atom stereocenters. The first kappa shape index (κ1) is 13.4. The summed E-state index contributed by atoms with van der Waals surface area (Å²) in [4.78, 5) is 22.6. The lowest BCUT2D eigenvalue weighted by atomic mass is 10.0. The second kappa shape index (κ2) is 5.73. The minimum atomic E-state index is -0.569. The van der Waals surface area contributed by atoms with Gasteiger partial charge in [0.05, 0.1) is 19.8 Å². The Labute approximate surface area is 111 Å². The summed E-state index contributed by atoms with van der Waals surface area (Å²) in [6.45, 7) is 1.86. The van der Waals surface area contributed by atoms with Crippen molar-refractivity contribution in [2.24, 2.45) is 0 Å². The minimum Gasteiger partial charge on any atom is -0.497 e. The number of hydrogen-bond acceptors (Lipinski definition) is 4. The highest BCUT2D eigenvalue weighted by molar-refractivity contribution is 6.35. The largest absolute Gasteiger partial charge is 0.497 e. The molecule has 0 aliphatic carbocycles. The fraction of sp³-hybridized carbons (Fsp3) is 0.429. The van der Waals surface area contributed by atoms with E-state index in [1.807, 2.05) is 18.2 Å². The molecule has 0 radical (unpaired) electrons. The standard InChI is InChI=1S/C14H17NO4/c1-9(16)14(17)15-12-4-3-7-19-13-6-5-10(18-2)8-11(12)13/h5-6,8,12H,3-4,7H2,1-2H3,(H,15,17). The molecular formula is C14H17NO4. The Balaban J connectivity index is 2.30. The molecule has 5 nitrogen and oxygen atoms in total. The summed E-state index contributed by atoms with van der Waals surface area (Å²) in [5, 5.41) is 2.74. The molecule has 0 bridgehead atoms. The number of fused-ring (bicyclic) bond motifs is 1. The third kappa shape index (κ3) is 3.05. The normalized spacial score (nSPS) is 17.7. The zero-order valence-electron chi connectivity index (χ0n) is 11.1. The summed E-state index contributed by atoms with van der Waals surface area (Å²) in [6, 6.07) is 5.26. The van der Waals surface area contributed by atoms with Gasteiger partial charge in [-0.05, 0) is 31.0 Å². The van der Waals surface area contributed by atoms with Gasteiger partial charge in [0.15, 0.2) is 0 Å². The molecule has 1 aliphatic heterocycles. The zero-order chi connectivity index (χ0) is 13.8. The molecule has 1 aromatic rings. The Morgan fingerprint density at radius 3 is 2.89 bits per heavy atom. The fourth-order valence-corrected chi connectivity index (χ4v) is 2.09. The van der Waals surface area contributed by atoms with Crippen LogP contribution < -0.4 is 14.8 Å². The van der Waals surface area contributed by atoms with Gasteiger partial charge in [-0.1, -0.05) is 0 Å². The van der Waals surface area contributed by atoms with Crippen molar-refractivity contribution in [2.45, 2.75) is 25.8 Å². The first-order valence-electron chi connectivity index (χ1n) is 6.24. The molecule has 1 atom stereocenters. The number of hydrogen-bond donors (Lipinski definition) is 1. The van der Waals surface area contributed by atoms with Gasteiger partial charge < -0.3 is 14.8 Å². The van der Waals surface area contributed by atoms with E-state index in [4.69, 9.17) is 9.47 Å². The number of carbonyl (C=O) groups is 2. The molecule has 1 aliphatic rings. The molecule has 1 heterocycles. The molecule has 0 saturated heterocycles. The van der Waals surface area contributed by atoms with Gasteiger partial charge in [-0.15, -0.1) is 0 Å². The second-order valence-electron chi connectivity index (χ2n) is 4.48. The van der Waals surface area contributed by atoms with Crippen LogP contribution >= 0.6 is 0 Å². The number of rotatable bonds is 3. The lowest BCUT2D eigenvalue weighted by molar-refractivity contribution is -0.137. The van der Waals surface area contributed by atoms with Crippen LogP contribution in [0, 0.1) is 0 Å². The Bertz CT molecular complexity index is 498. The van der Waals surface area contributed by atoms with Gasteiger partial charge in [-0.25, -0.2) is 0 Å². The van der Waals surface area contributed by atoms with Crippen LogP contribution in [0.25, 0.3) is 0 Å². The smallest absolute Gasteiger partial charge is 0.287 e. The average Bonchev–Trinajstić information content (AvgIpc) is 2.60. The molecule has 0 saturated carbocycles. The van der Waals surface area contributed by atoms with Gasteiger partial charge in [-0.2, -0.15) is 0 Å². The Morgan fingerprint density at radius 1 is 1.42 bits per heavy atom. The quantitative estimate of drug-likeness (QED) is 0.841. The molecule has 19 heavy (non-hydrogen) atoms. The third-order valence-electron chi connectivity index (χ3n) is 3.11. The van der Waals surface area contributed by atoms with Gasteiger partial charge in [0.2, 0.25) is 5.78 Å². The predicted octanol–water partition coefficient (Wildman–Crippen LogP) is 1.61. The van der Waals surface area contributed by atoms with E-state index in [1.165, 1.54) is 6.92 Å². The summed E-state index contributed by atoms with van der Waals surface area (Å²) in [6.07, 6.45) is 1.55. The summed E-state index contributed by atoms with van der Waals surface area (Å²) in [5.74, 6) is 0.369. The van der Waals surface area contributed by atoms with Crippen molar-refractivity contribution in [3.05, 3.63) is 23.8 Å².